The SMILES string of the molecule is Cc1cc(C)cc(C(=O)N2CCN(Cc3ccc(F)cc3)[C@H](CCO)C2)c1. The van der Waals surface area contributed by atoms with Gasteiger partial charge in [0.1, 0.15) is 5.82 Å². The summed E-state index contributed by atoms with van der Waals surface area (Å²) < 4.78 is 13.1. The van der Waals surface area contributed by atoms with Crippen molar-refractivity contribution < 1.29 is 14.3 Å². The molecule has 2 aromatic rings. The number of aryl methyl sites for hydroxylation is 2. The average Bonchev–Trinajstić information content (AvgIpc) is 2.64. The van der Waals surface area contributed by atoms with Crippen LogP contribution in [0.15, 0.2) is 42.5 Å². The van der Waals surface area contributed by atoms with Gasteiger partial charge in [-0.15, -0.1) is 0 Å². The highest BCUT2D eigenvalue weighted by Crippen LogP contribution is 2.19. The maximum absolute atomic E-state index is 13.1. The molecule has 2 aromatic carbocycles. The highest BCUT2D eigenvalue weighted by molar-refractivity contribution is 5.94. The van der Waals surface area contributed by atoms with Crippen LogP contribution in [0, 0.1) is 19.7 Å². The fraction of sp³-hybridized carbons (Fsp3) is 0.409. The number of aliphatic hydroxyl groups is 1. The number of hydrogen-bond acceptors (Lipinski definition) is 3. The van der Waals surface area contributed by atoms with Crippen LogP contribution in [0.2, 0.25) is 0 Å². The lowest BCUT2D eigenvalue weighted by Crippen LogP contribution is -2.54. The van der Waals surface area contributed by atoms with Gasteiger partial charge < -0.3 is 10.0 Å². The number of rotatable bonds is 5. The molecular weight excluding hydrogens is 343 g/mol. The van der Waals surface area contributed by atoms with Crippen molar-refractivity contribution in [2.24, 2.45) is 0 Å². The van der Waals surface area contributed by atoms with Gasteiger partial charge in [-0.3, -0.25) is 9.69 Å². The summed E-state index contributed by atoms with van der Waals surface area (Å²) in [7, 11) is 0. The first kappa shape index (κ1) is 19.5. The minimum atomic E-state index is -0.241. The molecule has 0 aromatic heterocycles. The summed E-state index contributed by atoms with van der Waals surface area (Å²) >= 11 is 0. The third-order valence-corrected chi connectivity index (χ3v) is 5.12. The molecule has 0 unspecified atom stereocenters. The molecule has 1 aliphatic heterocycles. The molecule has 1 heterocycles. The fourth-order valence-corrected chi connectivity index (χ4v) is 3.81. The topological polar surface area (TPSA) is 43.8 Å². The number of aliphatic hydroxyl groups excluding tert-OH is 1. The Hall–Kier alpha value is -2.24. The molecule has 27 heavy (non-hydrogen) atoms. The van der Waals surface area contributed by atoms with E-state index in [0.29, 0.717) is 26.1 Å². The van der Waals surface area contributed by atoms with Crippen molar-refractivity contribution in [1.29, 1.82) is 0 Å². The van der Waals surface area contributed by atoms with Gasteiger partial charge in [-0.25, -0.2) is 4.39 Å². The van der Waals surface area contributed by atoms with Crippen LogP contribution < -0.4 is 0 Å². The molecule has 0 radical (unpaired) electrons. The van der Waals surface area contributed by atoms with Gasteiger partial charge in [0.2, 0.25) is 0 Å². The molecule has 0 spiro atoms. The molecule has 5 heteroatoms. The number of nitrogens with zero attached hydrogens (tertiary/aromatic N) is 2. The van der Waals surface area contributed by atoms with E-state index in [1.165, 1.54) is 12.1 Å². The molecular formula is C22H27FN2O2. The van der Waals surface area contributed by atoms with Crippen molar-refractivity contribution in [1.82, 2.24) is 9.80 Å². The summed E-state index contributed by atoms with van der Waals surface area (Å²) in [6, 6.07) is 12.5. The second-order valence-electron chi connectivity index (χ2n) is 7.39. The van der Waals surface area contributed by atoms with Crippen LogP contribution >= 0.6 is 0 Å². The average molecular weight is 370 g/mol. The Morgan fingerprint density at radius 3 is 2.41 bits per heavy atom. The van der Waals surface area contributed by atoms with E-state index in [1.807, 2.05) is 30.9 Å². The third-order valence-electron chi connectivity index (χ3n) is 5.12. The minimum absolute atomic E-state index is 0.0474. The number of amides is 1. The third kappa shape index (κ3) is 4.93. The molecule has 0 saturated carbocycles. The van der Waals surface area contributed by atoms with Crippen LogP contribution in [-0.4, -0.2) is 53.1 Å². The number of piperazine rings is 1. The Labute approximate surface area is 160 Å². The van der Waals surface area contributed by atoms with E-state index in [2.05, 4.69) is 11.0 Å². The molecule has 4 nitrogen and oxygen atoms in total. The van der Waals surface area contributed by atoms with Crippen LogP contribution in [0.5, 0.6) is 0 Å². The molecule has 1 N–H and O–H groups in total. The lowest BCUT2D eigenvalue weighted by atomic mass is 10.0. The molecule has 0 aliphatic carbocycles. The Morgan fingerprint density at radius 1 is 1.11 bits per heavy atom. The molecule has 3 rings (SSSR count). The van der Waals surface area contributed by atoms with Gasteiger partial charge >= 0.3 is 0 Å². The number of carbonyl (C=O) groups excluding carboxylic acids is 1. The van der Waals surface area contributed by atoms with Crippen molar-refractivity contribution in [2.45, 2.75) is 32.9 Å². The van der Waals surface area contributed by atoms with Crippen LogP contribution in [-0.2, 0) is 6.54 Å². The molecule has 144 valence electrons. The predicted molar refractivity (Wildman–Crippen MR) is 104 cm³/mol. The monoisotopic (exact) mass is 370 g/mol. The van der Waals surface area contributed by atoms with E-state index in [0.717, 1.165) is 28.8 Å². The van der Waals surface area contributed by atoms with E-state index in [4.69, 9.17) is 0 Å². The molecule has 0 bridgehead atoms. The second kappa shape index (κ2) is 8.63. The second-order valence-corrected chi connectivity index (χ2v) is 7.39. The van der Waals surface area contributed by atoms with Crippen LogP contribution in [0.3, 0.4) is 0 Å². The summed E-state index contributed by atoms with van der Waals surface area (Å²) in [5, 5.41) is 9.47. The van der Waals surface area contributed by atoms with Crippen LogP contribution in [0.1, 0.15) is 33.5 Å². The van der Waals surface area contributed by atoms with Crippen molar-refractivity contribution in [3.63, 3.8) is 0 Å². The lowest BCUT2D eigenvalue weighted by molar-refractivity contribution is 0.0395. The standard InChI is InChI=1S/C22H27FN2O2/c1-16-11-17(2)13-19(12-16)22(27)25-9-8-24(21(15-25)7-10-26)14-18-3-5-20(23)6-4-18/h3-6,11-13,21,26H,7-10,14-15H2,1-2H3/t21-/m1/s1. The summed E-state index contributed by atoms with van der Waals surface area (Å²) in [6.07, 6.45) is 0.609. The van der Waals surface area contributed by atoms with Crippen molar-refractivity contribution in [2.75, 3.05) is 26.2 Å². The Bertz CT molecular complexity index is 771. The van der Waals surface area contributed by atoms with Crippen molar-refractivity contribution in [3.05, 3.63) is 70.5 Å². The highest BCUT2D eigenvalue weighted by Gasteiger charge is 2.29. The van der Waals surface area contributed by atoms with Crippen LogP contribution in [0.25, 0.3) is 0 Å². The zero-order valence-corrected chi connectivity index (χ0v) is 16.0. The predicted octanol–water partition coefficient (Wildman–Crippen LogP) is 3.15. The van der Waals surface area contributed by atoms with E-state index in [9.17, 15) is 14.3 Å². The lowest BCUT2D eigenvalue weighted by Gasteiger charge is -2.41. The minimum Gasteiger partial charge on any atom is -0.396 e. The molecule has 1 fully saturated rings. The largest absolute Gasteiger partial charge is 0.396 e. The maximum Gasteiger partial charge on any atom is 0.253 e. The van der Waals surface area contributed by atoms with Gasteiger partial charge in [0, 0.05) is 44.4 Å². The number of hydrogen-bond donors (Lipinski definition) is 1. The zero-order chi connectivity index (χ0) is 19.4. The Kier molecular flexibility index (Phi) is 6.24. The van der Waals surface area contributed by atoms with Gasteiger partial charge in [-0.1, -0.05) is 29.3 Å². The van der Waals surface area contributed by atoms with E-state index in [1.54, 1.807) is 12.1 Å². The van der Waals surface area contributed by atoms with Gasteiger partial charge in [-0.05, 0) is 50.1 Å². The van der Waals surface area contributed by atoms with Gasteiger partial charge in [0.15, 0.2) is 0 Å². The molecule has 1 saturated heterocycles. The molecule has 1 atom stereocenters. The van der Waals surface area contributed by atoms with E-state index < -0.39 is 0 Å². The first-order chi connectivity index (χ1) is 13.0. The Balaban J connectivity index is 1.71. The quantitative estimate of drug-likeness (QED) is 0.879. The van der Waals surface area contributed by atoms with Crippen molar-refractivity contribution >= 4 is 5.91 Å². The zero-order valence-electron chi connectivity index (χ0n) is 16.0. The van der Waals surface area contributed by atoms with Gasteiger partial charge in [-0.2, -0.15) is 0 Å². The summed E-state index contributed by atoms with van der Waals surface area (Å²) in [5.41, 5.74) is 3.93. The maximum atomic E-state index is 13.1. The van der Waals surface area contributed by atoms with E-state index >= 15 is 0 Å². The number of halogens is 1. The number of benzene rings is 2. The van der Waals surface area contributed by atoms with Crippen LogP contribution in [0.4, 0.5) is 4.39 Å². The fourth-order valence-electron chi connectivity index (χ4n) is 3.81. The smallest absolute Gasteiger partial charge is 0.253 e. The van der Waals surface area contributed by atoms with E-state index in [-0.39, 0.29) is 24.4 Å². The first-order valence-corrected chi connectivity index (χ1v) is 9.43. The Morgan fingerprint density at radius 2 is 1.78 bits per heavy atom. The summed E-state index contributed by atoms with van der Waals surface area (Å²) in [4.78, 5) is 17.1. The van der Waals surface area contributed by atoms with Gasteiger partial charge in [0.25, 0.3) is 5.91 Å². The normalized spacial score (nSPS) is 17.9. The summed E-state index contributed by atoms with van der Waals surface area (Å²) in [6.45, 7) is 6.74. The van der Waals surface area contributed by atoms with Gasteiger partial charge in [0.05, 0.1) is 0 Å². The molecule has 1 aliphatic rings. The van der Waals surface area contributed by atoms with Crippen molar-refractivity contribution in [3.8, 4) is 0 Å². The molecule has 1 amide bonds. The first-order valence-electron chi connectivity index (χ1n) is 9.43. The highest BCUT2D eigenvalue weighted by atomic mass is 19.1. The summed E-state index contributed by atoms with van der Waals surface area (Å²) in [5.74, 6) is -0.194. The number of carbonyl (C=O) groups is 1.